The maximum atomic E-state index is 13.5. The number of rotatable bonds is 3. The van der Waals surface area contributed by atoms with Gasteiger partial charge in [-0.25, -0.2) is 19.2 Å². The molecule has 2 aromatic rings. The summed E-state index contributed by atoms with van der Waals surface area (Å²) < 4.78 is 13.5. The number of hydrogen-bond donors (Lipinski definition) is 1. The van der Waals surface area contributed by atoms with Crippen LogP contribution in [-0.4, -0.2) is 21.0 Å². The molecule has 0 aromatic carbocycles. The van der Waals surface area contributed by atoms with Crippen LogP contribution in [0.25, 0.3) is 0 Å². The first kappa shape index (κ1) is 12.8. The molecule has 0 aliphatic carbocycles. The molecule has 0 fully saturated rings. The fourth-order valence-corrected chi connectivity index (χ4v) is 2.08. The van der Waals surface area contributed by atoms with Crippen molar-refractivity contribution in [3.8, 4) is 0 Å². The predicted octanol–water partition coefficient (Wildman–Crippen LogP) is 3.12. The Balaban J connectivity index is 2.28. The number of pyridine rings is 2. The number of aromatic nitrogens is 2. The van der Waals surface area contributed by atoms with E-state index in [1.807, 2.05) is 0 Å². The second-order valence-electron chi connectivity index (χ2n) is 3.23. The number of aromatic carboxylic acids is 1. The van der Waals surface area contributed by atoms with E-state index in [9.17, 15) is 9.18 Å². The summed E-state index contributed by atoms with van der Waals surface area (Å²) in [5.41, 5.74) is 0.0851. The van der Waals surface area contributed by atoms with E-state index in [4.69, 9.17) is 16.7 Å². The molecule has 0 unspecified atom stereocenters. The zero-order valence-corrected chi connectivity index (χ0v) is 10.4. The van der Waals surface area contributed by atoms with Gasteiger partial charge >= 0.3 is 5.97 Å². The first-order valence-electron chi connectivity index (χ1n) is 4.74. The van der Waals surface area contributed by atoms with Crippen LogP contribution in [0.1, 0.15) is 10.4 Å². The van der Waals surface area contributed by atoms with Gasteiger partial charge in [0, 0.05) is 12.4 Å². The molecule has 18 heavy (non-hydrogen) atoms. The van der Waals surface area contributed by atoms with Crippen LogP contribution in [-0.2, 0) is 0 Å². The highest BCUT2D eigenvalue weighted by Crippen LogP contribution is 2.28. The fourth-order valence-electron chi connectivity index (χ4n) is 1.17. The standard InChI is InChI=1S/C11H6ClFN2O2S/c12-7-4-8(13)10(15-5-7)18-9-3-6(11(16)17)1-2-14-9/h1-5H,(H,16,17). The molecule has 0 amide bonds. The van der Waals surface area contributed by atoms with Crippen molar-refractivity contribution in [3.63, 3.8) is 0 Å². The van der Waals surface area contributed by atoms with Crippen LogP contribution in [0, 0.1) is 5.82 Å². The lowest BCUT2D eigenvalue weighted by Crippen LogP contribution is -1.97. The van der Waals surface area contributed by atoms with E-state index in [0.29, 0.717) is 5.03 Å². The van der Waals surface area contributed by atoms with Gasteiger partial charge in [-0.3, -0.25) is 0 Å². The van der Waals surface area contributed by atoms with Crippen LogP contribution < -0.4 is 0 Å². The second-order valence-corrected chi connectivity index (χ2v) is 4.68. The van der Waals surface area contributed by atoms with Gasteiger partial charge in [-0.1, -0.05) is 11.6 Å². The maximum Gasteiger partial charge on any atom is 0.335 e. The Hall–Kier alpha value is -1.66. The average Bonchev–Trinajstić information content (AvgIpc) is 2.33. The molecule has 2 heterocycles. The SMILES string of the molecule is O=C(O)c1ccnc(Sc2ncc(Cl)cc2F)c1. The van der Waals surface area contributed by atoms with Gasteiger partial charge in [0.15, 0.2) is 5.82 Å². The molecule has 0 aliphatic heterocycles. The third-order valence-corrected chi connectivity index (χ3v) is 3.09. The number of carboxylic acid groups (broad SMARTS) is 1. The number of carbonyl (C=O) groups is 1. The average molecular weight is 285 g/mol. The van der Waals surface area contributed by atoms with Gasteiger partial charge in [-0.05, 0) is 30.0 Å². The largest absolute Gasteiger partial charge is 0.478 e. The Morgan fingerprint density at radius 1 is 1.39 bits per heavy atom. The molecular formula is C11H6ClFN2O2S. The summed E-state index contributed by atoms with van der Waals surface area (Å²) in [6.45, 7) is 0. The highest BCUT2D eigenvalue weighted by Gasteiger charge is 2.10. The minimum atomic E-state index is -1.07. The Morgan fingerprint density at radius 3 is 2.83 bits per heavy atom. The van der Waals surface area contributed by atoms with Crippen LogP contribution in [0.5, 0.6) is 0 Å². The quantitative estimate of drug-likeness (QED) is 0.938. The summed E-state index contributed by atoms with van der Waals surface area (Å²) in [4.78, 5) is 18.5. The highest BCUT2D eigenvalue weighted by atomic mass is 35.5. The summed E-state index contributed by atoms with van der Waals surface area (Å²) in [6.07, 6.45) is 2.66. The third-order valence-electron chi connectivity index (χ3n) is 1.96. The molecule has 1 N–H and O–H groups in total. The fraction of sp³-hybridized carbons (Fsp3) is 0. The zero-order valence-electron chi connectivity index (χ0n) is 8.80. The summed E-state index contributed by atoms with van der Waals surface area (Å²) in [5.74, 6) is -1.64. The van der Waals surface area contributed by atoms with Crippen molar-refractivity contribution < 1.29 is 14.3 Å². The molecule has 2 rings (SSSR count). The first-order valence-corrected chi connectivity index (χ1v) is 5.94. The van der Waals surface area contributed by atoms with E-state index < -0.39 is 11.8 Å². The molecule has 0 bridgehead atoms. The summed E-state index contributed by atoms with van der Waals surface area (Å²) in [7, 11) is 0. The minimum absolute atomic E-state index is 0.0851. The van der Waals surface area contributed by atoms with E-state index in [1.165, 1.54) is 24.5 Å². The van der Waals surface area contributed by atoms with Crippen LogP contribution in [0.3, 0.4) is 0 Å². The molecule has 0 aliphatic rings. The third kappa shape index (κ3) is 2.96. The van der Waals surface area contributed by atoms with E-state index in [-0.39, 0.29) is 15.6 Å². The molecule has 4 nitrogen and oxygen atoms in total. The van der Waals surface area contributed by atoms with Gasteiger partial charge in [0.25, 0.3) is 0 Å². The van der Waals surface area contributed by atoms with Crippen LogP contribution in [0.2, 0.25) is 5.02 Å². The lowest BCUT2D eigenvalue weighted by Gasteiger charge is -2.02. The zero-order chi connectivity index (χ0) is 13.1. The number of hydrogen-bond acceptors (Lipinski definition) is 4. The van der Waals surface area contributed by atoms with Crippen molar-refractivity contribution in [1.29, 1.82) is 0 Å². The molecule has 0 saturated carbocycles. The molecular weight excluding hydrogens is 279 g/mol. The topological polar surface area (TPSA) is 63.1 Å². The van der Waals surface area contributed by atoms with Gasteiger partial charge in [0.05, 0.1) is 10.6 Å². The van der Waals surface area contributed by atoms with E-state index in [1.54, 1.807) is 0 Å². The smallest absolute Gasteiger partial charge is 0.335 e. The van der Waals surface area contributed by atoms with Gasteiger partial charge in [0.2, 0.25) is 0 Å². The van der Waals surface area contributed by atoms with Crippen LogP contribution in [0.4, 0.5) is 4.39 Å². The Morgan fingerprint density at radius 2 is 2.17 bits per heavy atom. The first-order chi connectivity index (χ1) is 8.56. The Kier molecular flexibility index (Phi) is 3.78. The van der Waals surface area contributed by atoms with Gasteiger partial charge in [-0.15, -0.1) is 0 Å². The molecule has 0 radical (unpaired) electrons. The summed E-state index contributed by atoms with van der Waals surface area (Å²) >= 11 is 6.52. The molecule has 92 valence electrons. The number of nitrogens with zero attached hydrogens (tertiary/aromatic N) is 2. The van der Waals surface area contributed by atoms with Crippen molar-refractivity contribution in [2.75, 3.05) is 0 Å². The van der Waals surface area contributed by atoms with Gasteiger partial charge in [-0.2, -0.15) is 0 Å². The van der Waals surface area contributed by atoms with Crippen molar-refractivity contribution in [1.82, 2.24) is 9.97 Å². The molecule has 0 spiro atoms. The number of carboxylic acids is 1. The van der Waals surface area contributed by atoms with Crippen LogP contribution in [0.15, 0.2) is 40.6 Å². The normalized spacial score (nSPS) is 10.3. The molecule has 0 atom stereocenters. The lowest BCUT2D eigenvalue weighted by atomic mass is 10.3. The van der Waals surface area contributed by atoms with Crippen molar-refractivity contribution in [2.24, 2.45) is 0 Å². The molecule has 2 aromatic heterocycles. The van der Waals surface area contributed by atoms with Crippen LogP contribution >= 0.6 is 23.4 Å². The van der Waals surface area contributed by atoms with E-state index >= 15 is 0 Å². The summed E-state index contributed by atoms with van der Waals surface area (Å²) in [5, 5.41) is 9.46. The van der Waals surface area contributed by atoms with Gasteiger partial charge in [0.1, 0.15) is 10.1 Å². The Labute approximate surface area is 111 Å². The highest BCUT2D eigenvalue weighted by molar-refractivity contribution is 7.99. The molecule has 7 heteroatoms. The Bertz CT molecular complexity index is 609. The van der Waals surface area contributed by atoms with E-state index in [0.717, 1.165) is 17.8 Å². The monoisotopic (exact) mass is 284 g/mol. The van der Waals surface area contributed by atoms with Crippen molar-refractivity contribution in [3.05, 3.63) is 47.0 Å². The maximum absolute atomic E-state index is 13.5. The summed E-state index contributed by atoms with van der Waals surface area (Å²) in [6, 6.07) is 3.85. The van der Waals surface area contributed by atoms with E-state index in [2.05, 4.69) is 9.97 Å². The predicted molar refractivity (Wildman–Crippen MR) is 64.5 cm³/mol. The second kappa shape index (κ2) is 5.32. The van der Waals surface area contributed by atoms with Crippen molar-refractivity contribution in [2.45, 2.75) is 10.1 Å². The van der Waals surface area contributed by atoms with Crippen molar-refractivity contribution >= 4 is 29.3 Å². The number of halogens is 2. The minimum Gasteiger partial charge on any atom is -0.478 e. The lowest BCUT2D eigenvalue weighted by molar-refractivity contribution is 0.0696. The van der Waals surface area contributed by atoms with Gasteiger partial charge < -0.3 is 5.11 Å². The molecule has 0 saturated heterocycles.